The van der Waals surface area contributed by atoms with Gasteiger partial charge in [0.15, 0.2) is 17.7 Å². The second-order valence-corrected chi connectivity index (χ2v) is 7.60. The summed E-state index contributed by atoms with van der Waals surface area (Å²) in [4.78, 5) is 31.1. The summed E-state index contributed by atoms with van der Waals surface area (Å²) in [6, 6.07) is 4.16. The molecule has 2 heterocycles. The molecule has 0 saturated carbocycles. The lowest BCUT2D eigenvalue weighted by Crippen LogP contribution is -2.36. The number of methoxy groups -OCH3 is 1. The van der Waals surface area contributed by atoms with Crippen molar-refractivity contribution in [1.29, 1.82) is 5.26 Å². The first-order valence-corrected chi connectivity index (χ1v) is 9.94. The summed E-state index contributed by atoms with van der Waals surface area (Å²) in [5, 5.41) is 5.98. The minimum Gasteiger partial charge on any atom is -0.481 e. The molecule has 184 valence electrons. The number of aromatic nitrogens is 3. The van der Waals surface area contributed by atoms with Crippen molar-refractivity contribution < 1.29 is 36.2 Å². The van der Waals surface area contributed by atoms with E-state index in [1.54, 1.807) is 0 Å². The van der Waals surface area contributed by atoms with Gasteiger partial charge < -0.3 is 9.47 Å². The van der Waals surface area contributed by atoms with E-state index in [4.69, 9.17) is 26.3 Å². The molecule has 0 aromatic carbocycles. The van der Waals surface area contributed by atoms with Gasteiger partial charge in [-0.05, 0) is 18.2 Å². The van der Waals surface area contributed by atoms with E-state index in [9.17, 15) is 27.2 Å². The molecule has 2 aromatic rings. The maximum absolute atomic E-state index is 15.0. The average Bonchev–Trinajstić information content (AvgIpc) is 2.82. The van der Waals surface area contributed by atoms with Crippen LogP contribution in [0.25, 0.3) is 0 Å². The van der Waals surface area contributed by atoms with E-state index < -0.39 is 52.7 Å². The fourth-order valence-corrected chi connectivity index (χ4v) is 3.24. The molecule has 3 rings (SSSR count). The molecule has 1 aliphatic carbocycles. The van der Waals surface area contributed by atoms with E-state index in [1.807, 2.05) is 0 Å². The van der Waals surface area contributed by atoms with Crippen molar-refractivity contribution in [3.63, 3.8) is 0 Å². The standard InChI is InChI=1S/C21H14ClF5N4O4/c1-34-17-11(5-6-13(9-32)30-17)8-31-10-29-16(21(26,27)19(23)24)15(18(31)33)35-14-4-2-3-12(7-28)20(14,22)25/h2-6,9-10,12,19H,8H2,1H3. The normalized spacial score (nSPS) is 19.7. The smallest absolute Gasteiger partial charge is 0.352 e. The summed E-state index contributed by atoms with van der Waals surface area (Å²) in [7, 11) is 1.22. The molecule has 1 aliphatic rings. The van der Waals surface area contributed by atoms with Crippen LogP contribution >= 0.6 is 11.6 Å². The molecular formula is C21H14ClF5N4O4. The fraction of sp³-hybridized carbons (Fsp3) is 0.286. The Kier molecular flexibility index (Phi) is 7.25. The number of nitrogens with zero attached hydrogens (tertiary/aromatic N) is 4. The van der Waals surface area contributed by atoms with Crippen LogP contribution in [0.15, 0.2) is 47.2 Å². The van der Waals surface area contributed by atoms with Gasteiger partial charge in [0, 0.05) is 5.56 Å². The van der Waals surface area contributed by atoms with Crippen LogP contribution in [0.1, 0.15) is 21.7 Å². The monoisotopic (exact) mass is 516 g/mol. The minimum atomic E-state index is -4.95. The number of rotatable bonds is 8. The number of nitriles is 1. The van der Waals surface area contributed by atoms with Crippen molar-refractivity contribution in [3.05, 3.63) is 69.8 Å². The first-order valence-electron chi connectivity index (χ1n) is 9.56. The molecule has 0 radical (unpaired) electrons. The molecule has 0 spiro atoms. The average molecular weight is 517 g/mol. The first kappa shape index (κ1) is 25.8. The van der Waals surface area contributed by atoms with Crippen LogP contribution in [0.3, 0.4) is 0 Å². The molecular weight excluding hydrogens is 503 g/mol. The predicted octanol–water partition coefficient (Wildman–Crippen LogP) is 3.74. The zero-order valence-corrected chi connectivity index (χ0v) is 18.3. The molecule has 35 heavy (non-hydrogen) atoms. The maximum atomic E-state index is 15.0. The Labute approximate surface area is 198 Å². The van der Waals surface area contributed by atoms with Crippen LogP contribution in [0.5, 0.6) is 11.6 Å². The zero-order valence-electron chi connectivity index (χ0n) is 17.6. The minimum absolute atomic E-state index is 0.00208. The number of carbonyl (C=O) groups excluding carboxylic acids is 1. The number of alkyl halides is 6. The van der Waals surface area contributed by atoms with Gasteiger partial charge in [0.05, 0.1) is 26.1 Å². The predicted molar refractivity (Wildman–Crippen MR) is 110 cm³/mol. The Hall–Kier alpha value is -3.79. The van der Waals surface area contributed by atoms with Crippen LogP contribution in [0, 0.1) is 17.2 Å². The molecule has 14 heteroatoms. The SMILES string of the molecule is COc1nc(C=O)ccc1Cn1cnc(C(F)(F)C(F)F)c(OC2=CC=CC(C#N)C2(F)Cl)c1=O. The Bertz CT molecular complexity index is 1300. The molecule has 0 fully saturated rings. The van der Waals surface area contributed by atoms with Crippen LogP contribution in [-0.4, -0.2) is 39.5 Å². The van der Waals surface area contributed by atoms with Gasteiger partial charge in [-0.25, -0.2) is 23.1 Å². The number of carbonyl (C=O) groups is 1. The number of hydrogen-bond acceptors (Lipinski definition) is 7. The third kappa shape index (κ3) is 4.88. The summed E-state index contributed by atoms with van der Waals surface area (Å²) in [5.41, 5.74) is -2.97. The molecule has 0 aliphatic heterocycles. The van der Waals surface area contributed by atoms with E-state index in [0.29, 0.717) is 17.2 Å². The number of allylic oxidation sites excluding steroid dienone is 4. The fourth-order valence-electron chi connectivity index (χ4n) is 3.02. The second-order valence-electron chi connectivity index (χ2n) is 7.05. The van der Waals surface area contributed by atoms with Crippen molar-refractivity contribution in [3.8, 4) is 17.7 Å². The van der Waals surface area contributed by atoms with E-state index in [-0.39, 0.29) is 17.1 Å². The Balaban J connectivity index is 2.14. The Morgan fingerprint density at radius 3 is 2.71 bits per heavy atom. The largest absolute Gasteiger partial charge is 0.481 e. The van der Waals surface area contributed by atoms with Gasteiger partial charge in [-0.15, -0.1) is 0 Å². The van der Waals surface area contributed by atoms with Gasteiger partial charge in [0.2, 0.25) is 11.6 Å². The summed E-state index contributed by atoms with van der Waals surface area (Å²) >= 11 is 5.72. The highest BCUT2D eigenvalue weighted by atomic mass is 35.5. The number of ether oxygens (including phenoxy) is 2. The third-order valence-electron chi connectivity index (χ3n) is 4.82. The molecule has 2 aromatic heterocycles. The van der Waals surface area contributed by atoms with Gasteiger partial charge in [-0.1, -0.05) is 23.8 Å². The third-order valence-corrected chi connectivity index (χ3v) is 5.24. The highest BCUT2D eigenvalue weighted by molar-refractivity contribution is 6.25. The van der Waals surface area contributed by atoms with Gasteiger partial charge in [-0.3, -0.25) is 14.2 Å². The number of halogens is 6. The molecule has 8 nitrogen and oxygen atoms in total. The zero-order chi connectivity index (χ0) is 26.0. The van der Waals surface area contributed by atoms with Crippen LogP contribution in [-0.2, 0) is 12.5 Å². The summed E-state index contributed by atoms with van der Waals surface area (Å²) in [6.45, 7) is -0.431. The van der Waals surface area contributed by atoms with Crippen molar-refractivity contribution in [2.75, 3.05) is 7.11 Å². The summed E-state index contributed by atoms with van der Waals surface area (Å²) < 4.78 is 80.5. The van der Waals surface area contributed by atoms with Gasteiger partial charge in [0.25, 0.3) is 10.7 Å². The van der Waals surface area contributed by atoms with Gasteiger partial charge >= 0.3 is 12.3 Å². The highest BCUT2D eigenvalue weighted by Gasteiger charge is 2.50. The van der Waals surface area contributed by atoms with Gasteiger partial charge in [0.1, 0.15) is 11.6 Å². The van der Waals surface area contributed by atoms with Crippen LogP contribution in [0.4, 0.5) is 22.0 Å². The van der Waals surface area contributed by atoms with Crippen molar-refractivity contribution in [2.24, 2.45) is 5.92 Å². The summed E-state index contributed by atoms with van der Waals surface area (Å²) in [6.07, 6.45) is -0.265. The lowest BCUT2D eigenvalue weighted by atomic mass is 9.98. The lowest BCUT2D eigenvalue weighted by molar-refractivity contribution is -0.139. The van der Waals surface area contributed by atoms with Gasteiger partial charge in [-0.2, -0.15) is 14.0 Å². The topological polar surface area (TPSA) is 107 Å². The number of hydrogen-bond donors (Lipinski definition) is 0. The highest BCUT2D eigenvalue weighted by Crippen LogP contribution is 2.42. The maximum Gasteiger partial charge on any atom is 0.352 e. The molecule has 0 bridgehead atoms. The van der Waals surface area contributed by atoms with Crippen molar-refractivity contribution in [2.45, 2.75) is 24.0 Å². The van der Waals surface area contributed by atoms with Crippen LogP contribution in [0.2, 0.25) is 0 Å². The molecule has 0 amide bonds. The van der Waals surface area contributed by atoms with Crippen molar-refractivity contribution >= 4 is 17.9 Å². The van der Waals surface area contributed by atoms with Crippen LogP contribution < -0.4 is 15.0 Å². The Morgan fingerprint density at radius 2 is 2.11 bits per heavy atom. The van der Waals surface area contributed by atoms with E-state index in [1.165, 1.54) is 25.3 Å². The quantitative estimate of drug-likeness (QED) is 0.299. The molecule has 0 saturated heterocycles. The lowest BCUT2D eigenvalue weighted by Gasteiger charge is -2.27. The molecule has 2 unspecified atom stereocenters. The van der Waals surface area contributed by atoms with Crippen molar-refractivity contribution in [1.82, 2.24) is 14.5 Å². The number of aldehydes is 1. The molecule has 2 atom stereocenters. The van der Waals surface area contributed by atoms with E-state index in [2.05, 4.69) is 9.97 Å². The summed E-state index contributed by atoms with van der Waals surface area (Å²) in [5.74, 6) is -9.05. The number of pyridine rings is 1. The first-order chi connectivity index (χ1) is 16.5. The molecule has 0 N–H and O–H groups in total. The van der Waals surface area contributed by atoms with E-state index in [0.717, 1.165) is 18.2 Å². The second kappa shape index (κ2) is 9.83. The van der Waals surface area contributed by atoms with E-state index >= 15 is 4.39 Å². The Morgan fingerprint density at radius 1 is 1.40 bits per heavy atom.